The summed E-state index contributed by atoms with van der Waals surface area (Å²) in [6.07, 6.45) is -0.260. The molecule has 2 aromatic rings. The maximum absolute atomic E-state index is 12.3. The van der Waals surface area contributed by atoms with Crippen molar-refractivity contribution in [1.82, 2.24) is 25.7 Å². The van der Waals surface area contributed by atoms with Gasteiger partial charge < -0.3 is 20.7 Å². The van der Waals surface area contributed by atoms with Gasteiger partial charge in [-0.05, 0) is 31.5 Å². The van der Waals surface area contributed by atoms with Crippen LogP contribution in [0.1, 0.15) is 30.9 Å². The molecule has 1 saturated heterocycles. The van der Waals surface area contributed by atoms with Gasteiger partial charge in [-0.2, -0.15) is 5.10 Å². The van der Waals surface area contributed by atoms with E-state index in [1.54, 1.807) is 44.4 Å². The average Bonchev–Trinajstić information content (AvgIpc) is 3.05. The SMILES string of the molecule is COc1ccc(CNC(=O)C(=O)Nc2cc(C)nn2C2NC(=O)CC(C)N2)cc1. The van der Waals surface area contributed by atoms with E-state index in [9.17, 15) is 14.4 Å². The number of nitrogens with zero attached hydrogens (tertiary/aromatic N) is 2. The third-order valence-electron chi connectivity index (χ3n) is 4.39. The van der Waals surface area contributed by atoms with Crippen LogP contribution in [0.4, 0.5) is 5.82 Å². The lowest BCUT2D eigenvalue weighted by Crippen LogP contribution is -2.52. The van der Waals surface area contributed by atoms with Gasteiger partial charge in [-0.1, -0.05) is 12.1 Å². The fourth-order valence-electron chi connectivity index (χ4n) is 2.98. The van der Waals surface area contributed by atoms with Gasteiger partial charge >= 0.3 is 11.8 Å². The highest BCUT2D eigenvalue weighted by Gasteiger charge is 2.27. The summed E-state index contributed by atoms with van der Waals surface area (Å²) in [5.74, 6) is -0.711. The van der Waals surface area contributed by atoms with Crippen molar-refractivity contribution >= 4 is 23.5 Å². The summed E-state index contributed by atoms with van der Waals surface area (Å²) < 4.78 is 6.53. The molecule has 4 N–H and O–H groups in total. The Kier molecular flexibility index (Phi) is 6.13. The van der Waals surface area contributed by atoms with E-state index < -0.39 is 18.1 Å². The monoisotopic (exact) mass is 400 g/mol. The first kappa shape index (κ1) is 20.3. The van der Waals surface area contributed by atoms with Crippen molar-refractivity contribution in [3.05, 3.63) is 41.6 Å². The number of ether oxygens (including phenoxy) is 1. The second-order valence-corrected chi connectivity index (χ2v) is 6.84. The van der Waals surface area contributed by atoms with E-state index in [0.717, 1.165) is 5.56 Å². The Morgan fingerprint density at radius 2 is 2.00 bits per heavy atom. The molecule has 0 radical (unpaired) electrons. The van der Waals surface area contributed by atoms with Gasteiger partial charge in [-0.3, -0.25) is 19.7 Å². The minimum absolute atomic E-state index is 0.0467. The topological polar surface area (TPSA) is 126 Å². The molecule has 1 aliphatic heterocycles. The van der Waals surface area contributed by atoms with E-state index in [4.69, 9.17) is 4.74 Å². The maximum Gasteiger partial charge on any atom is 0.314 e. The lowest BCUT2D eigenvalue weighted by atomic mass is 10.2. The van der Waals surface area contributed by atoms with Crippen LogP contribution in [-0.4, -0.2) is 40.7 Å². The van der Waals surface area contributed by atoms with Crippen LogP contribution in [0.3, 0.4) is 0 Å². The third kappa shape index (κ3) is 5.11. The zero-order valence-corrected chi connectivity index (χ0v) is 16.5. The predicted octanol–water partition coefficient (Wildman–Crippen LogP) is 0.409. The van der Waals surface area contributed by atoms with Crippen molar-refractivity contribution in [3.63, 3.8) is 0 Å². The Morgan fingerprint density at radius 3 is 2.66 bits per heavy atom. The molecule has 2 atom stereocenters. The largest absolute Gasteiger partial charge is 0.497 e. The Hall–Kier alpha value is -3.40. The number of rotatable bonds is 5. The second kappa shape index (κ2) is 8.74. The smallest absolute Gasteiger partial charge is 0.314 e. The van der Waals surface area contributed by atoms with Gasteiger partial charge in [0.05, 0.1) is 12.8 Å². The van der Waals surface area contributed by atoms with Crippen LogP contribution in [0.2, 0.25) is 0 Å². The number of carbonyl (C=O) groups is 3. The van der Waals surface area contributed by atoms with Crippen LogP contribution in [0.15, 0.2) is 30.3 Å². The zero-order chi connectivity index (χ0) is 21.0. The molecule has 1 aromatic heterocycles. The van der Waals surface area contributed by atoms with E-state index in [0.29, 0.717) is 23.7 Å². The molecule has 1 aliphatic rings. The first-order valence-corrected chi connectivity index (χ1v) is 9.19. The summed E-state index contributed by atoms with van der Waals surface area (Å²) >= 11 is 0. The lowest BCUT2D eigenvalue weighted by Gasteiger charge is -2.30. The molecule has 1 fully saturated rings. The number of nitrogens with one attached hydrogen (secondary N) is 4. The minimum atomic E-state index is -0.824. The van der Waals surface area contributed by atoms with Crippen LogP contribution >= 0.6 is 0 Å². The average molecular weight is 400 g/mol. The number of hydrogen-bond donors (Lipinski definition) is 4. The molecule has 2 unspecified atom stereocenters. The molecule has 3 amide bonds. The first-order valence-electron chi connectivity index (χ1n) is 9.19. The standard InChI is InChI=1S/C19H24N6O4/c1-11-9-16(26)23-19(21-11)25-15(8-12(2)24-25)22-18(28)17(27)20-10-13-4-6-14(29-3)7-5-13/h4-8,11,19,21H,9-10H2,1-3H3,(H,20,27)(H,22,28)(H,23,26). The van der Waals surface area contributed by atoms with Crippen molar-refractivity contribution in [2.24, 2.45) is 0 Å². The molecule has 3 rings (SSSR count). The molecule has 0 spiro atoms. The number of methoxy groups -OCH3 is 1. The Balaban J connectivity index is 1.62. The Labute approximate surface area is 168 Å². The quantitative estimate of drug-likeness (QED) is 0.539. The molecule has 10 heteroatoms. The molecule has 0 aliphatic carbocycles. The highest BCUT2D eigenvalue weighted by Crippen LogP contribution is 2.17. The molecule has 29 heavy (non-hydrogen) atoms. The third-order valence-corrected chi connectivity index (χ3v) is 4.39. The van der Waals surface area contributed by atoms with Crippen molar-refractivity contribution in [2.75, 3.05) is 12.4 Å². The summed E-state index contributed by atoms with van der Waals surface area (Å²) in [6.45, 7) is 3.84. The second-order valence-electron chi connectivity index (χ2n) is 6.84. The summed E-state index contributed by atoms with van der Waals surface area (Å²) in [5.41, 5.74) is 1.46. The number of anilines is 1. The van der Waals surface area contributed by atoms with E-state index in [1.165, 1.54) is 4.68 Å². The highest BCUT2D eigenvalue weighted by atomic mass is 16.5. The van der Waals surface area contributed by atoms with Crippen LogP contribution in [0, 0.1) is 6.92 Å². The molecule has 2 heterocycles. The van der Waals surface area contributed by atoms with Gasteiger partial charge in [-0.15, -0.1) is 0 Å². The molecular formula is C19H24N6O4. The van der Waals surface area contributed by atoms with Crippen molar-refractivity contribution in [1.29, 1.82) is 0 Å². The number of amides is 3. The number of carbonyl (C=O) groups excluding carboxylic acids is 3. The summed E-state index contributed by atoms with van der Waals surface area (Å²) in [7, 11) is 1.57. The van der Waals surface area contributed by atoms with E-state index in [2.05, 4.69) is 26.4 Å². The first-order chi connectivity index (χ1) is 13.9. The maximum atomic E-state index is 12.3. The predicted molar refractivity (Wildman–Crippen MR) is 105 cm³/mol. The number of aromatic nitrogens is 2. The van der Waals surface area contributed by atoms with Gasteiger partial charge in [0, 0.05) is 25.1 Å². The van der Waals surface area contributed by atoms with E-state index in [1.807, 2.05) is 6.92 Å². The number of aryl methyl sites for hydroxylation is 1. The minimum Gasteiger partial charge on any atom is -0.497 e. The van der Waals surface area contributed by atoms with Crippen LogP contribution in [-0.2, 0) is 20.9 Å². The zero-order valence-electron chi connectivity index (χ0n) is 16.5. The molecular weight excluding hydrogens is 376 g/mol. The lowest BCUT2D eigenvalue weighted by molar-refractivity contribution is -0.136. The number of benzene rings is 1. The molecule has 1 aromatic carbocycles. The van der Waals surface area contributed by atoms with Gasteiger partial charge in [-0.25, -0.2) is 4.68 Å². The summed E-state index contributed by atoms with van der Waals surface area (Å²) in [5, 5.41) is 15.4. The van der Waals surface area contributed by atoms with Gasteiger partial charge in [0.2, 0.25) is 5.91 Å². The van der Waals surface area contributed by atoms with E-state index >= 15 is 0 Å². The molecule has 0 saturated carbocycles. The summed E-state index contributed by atoms with van der Waals surface area (Å²) in [6, 6.07) is 8.73. The number of hydrogen-bond acceptors (Lipinski definition) is 6. The highest BCUT2D eigenvalue weighted by molar-refractivity contribution is 6.39. The Morgan fingerprint density at radius 1 is 1.28 bits per heavy atom. The van der Waals surface area contributed by atoms with E-state index in [-0.39, 0.29) is 18.5 Å². The van der Waals surface area contributed by atoms with Gasteiger partial charge in [0.15, 0.2) is 6.29 Å². The normalized spacial score (nSPS) is 18.7. The molecule has 154 valence electrons. The molecule has 10 nitrogen and oxygen atoms in total. The Bertz CT molecular complexity index is 908. The summed E-state index contributed by atoms with van der Waals surface area (Å²) in [4.78, 5) is 36.3. The van der Waals surface area contributed by atoms with Crippen molar-refractivity contribution < 1.29 is 19.1 Å². The fraction of sp³-hybridized carbons (Fsp3) is 0.368. The van der Waals surface area contributed by atoms with Crippen LogP contribution in [0.25, 0.3) is 0 Å². The molecule has 0 bridgehead atoms. The van der Waals surface area contributed by atoms with Gasteiger partial charge in [0.25, 0.3) is 0 Å². The van der Waals surface area contributed by atoms with Crippen molar-refractivity contribution in [3.8, 4) is 5.75 Å². The van der Waals surface area contributed by atoms with Crippen molar-refractivity contribution in [2.45, 2.75) is 39.1 Å². The van der Waals surface area contributed by atoms with Gasteiger partial charge in [0.1, 0.15) is 11.6 Å². The van der Waals surface area contributed by atoms with Crippen LogP contribution < -0.4 is 26.0 Å². The van der Waals surface area contributed by atoms with Crippen LogP contribution in [0.5, 0.6) is 5.75 Å². The fourth-order valence-corrected chi connectivity index (χ4v) is 2.98.